The second-order valence-corrected chi connectivity index (χ2v) is 4.84. The Bertz CT molecular complexity index is 746. The minimum atomic E-state index is -0.293. The number of rotatable bonds is 3. The highest BCUT2D eigenvalue weighted by Gasteiger charge is 2.03. The summed E-state index contributed by atoms with van der Waals surface area (Å²) in [4.78, 5) is 11.9. The summed E-state index contributed by atoms with van der Waals surface area (Å²) in [5.41, 5.74) is 8.72. The first kappa shape index (κ1) is 13.8. The summed E-state index contributed by atoms with van der Waals surface area (Å²) < 4.78 is 2.00. The highest BCUT2D eigenvalue weighted by molar-refractivity contribution is 5.99. The van der Waals surface area contributed by atoms with Gasteiger partial charge in [-0.1, -0.05) is 0 Å². The summed E-state index contributed by atoms with van der Waals surface area (Å²) in [5, 5.41) is 5.54. The molecule has 0 saturated heterocycles. The molecule has 3 rings (SSSR count). The standard InChI is InChI=1S/C17H16N4O/c18-13-3-5-14(6-4-13)19-17(22)20-15-7-9-16(10-8-15)21-11-1-2-12-21/h1-12H,18H2,(H2,19,20,22). The number of nitrogens with zero attached hydrogens (tertiary/aromatic N) is 1. The van der Waals surface area contributed by atoms with Gasteiger partial charge in [-0.05, 0) is 60.7 Å². The molecule has 5 nitrogen and oxygen atoms in total. The first-order valence-corrected chi connectivity index (χ1v) is 6.88. The van der Waals surface area contributed by atoms with Crippen LogP contribution in [0, 0.1) is 0 Å². The molecule has 2 aromatic carbocycles. The minimum Gasteiger partial charge on any atom is -0.399 e. The van der Waals surface area contributed by atoms with Gasteiger partial charge in [0.1, 0.15) is 0 Å². The Morgan fingerprint density at radius 1 is 0.818 bits per heavy atom. The molecule has 0 radical (unpaired) electrons. The Balaban J connectivity index is 1.63. The number of benzene rings is 2. The molecule has 22 heavy (non-hydrogen) atoms. The van der Waals surface area contributed by atoms with E-state index >= 15 is 0 Å². The molecule has 110 valence electrons. The van der Waals surface area contributed by atoms with Crippen LogP contribution in [0.15, 0.2) is 73.1 Å². The van der Waals surface area contributed by atoms with Crippen LogP contribution in [0.4, 0.5) is 21.9 Å². The van der Waals surface area contributed by atoms with Crippen LogP contribution in [0.1, 0.15) is 0 Å². The van der Waals surface area contributed by atoms with Gasteiger partial charge in [-0.3, -0.25) is 0 Å². The van der Waals surface area contributed by atoms with Crippen molar-refractivity contribution < 1.29 is 4.79 Å². The van der Waals surface area contributed by atoms with Crippen molar-refractivity contribution in [3.8, 4) is 5.69 Å². The van der Waals surface area contributed by atoms with E-state index < -0.39 is 0 Å². The van der Waals surface area contributed by atoms with Crippen LogP contribution >= 0.6 is 0 Å². The number of anilines is 3. The van der Waals surface area contributed by atoms with Gasteiger partial charge in [0.25, 0.3) is 0 Å². The Kier molecular flexibility index (Phi) is 3.78. The van der Waals surface area contributed by atoms with Crippen LogP contribution in [0.2, 0.25) is 0 Å². The molecule has 3 aromatic rings. The van der Waals surface area contributed by atoms with Crippen LogP contribution in [-0.2, 0) is 0 Å². The van der Waals surface area contributed by atoms with Crippen molar-refractivity contribution in [3.05, 3.63) is 73.1 Å². The molecule has 2 amide bonds. The third-order valence-electron chi connectivity index (χ3n) is 3.20. The molecule has 1 heterocycles. The van der Waals surface area contributed by atoms with Crippen molar-refractivity contribution in [1.29, 1.82) is 0 Å². The van der Waals surface area contributed by atoms with Crippen molar-refractivity contribution in [2.45, 2.75) is 0 Å². The van der Waals surface area contributed by atoms with Gasteiger partial charge in [0.2, 0.25) is 0 Å². The fraction of sp³-hybridized carbons (Fsp3) is 0. The predicted octanol–water partition coefficient (Wildman–Crippen LogP) is 3.70. The van der Waals surface area contributed by atoms with Crippen molar-refractivity contribution >= 4 is 23.1 Å². The topological polar surface area (TPSA) is 72.1 Å². The summed E-state index contributed by atoms with van der Waals surface area (Å²) in [7, 11) is 0. The molecule has 0 unspecified atom stereocenters. The van der Waals surface area contributed by atoms with E-state index in [1.165, 1.54) is 0 Å². The second kappa shape index (κ2) is 6.05. The third kappa shape index (κ3) is 3.27. The maximum absolute atomic E-state index is 11.9. The average molecular weight is 292 g/mol. The van der Waals surface area contributed by atoms with E-state index in [-0.39, 0.29) is 6.03 Å². The molecule has 0 spiro atoms. The van der Waals surface area contributed by atoms with Gasteiger partial charge in [-0.15, -0.1) is 0 Å². The number of nitrogens with two attached hydrogens (primary N) is 1. The number of urea groups is 1. The molecule has 0 saturated carbocycles. The van der Waals surface area contributed by atoms with Gasteiger partial charge in [0.15, 0.2) is 0 Å². The van der Waals surface area contributed by atoms with Gasteiger partial charge >= 0.3 is 6.03 Å². The summed E-state index contributed by atoms with van der Waals surface area (Å²) in [6.45, 7) is 0. The Morgan fingerprint density at radius 2 is 1.32 bits per heavy atom. The zero-order chi connectivity index (χ0) is 15.4. The predicted molar refractivity (Wildman–Crippen MR) is 89.3 cm³/mol. The maximum Gasteiger partial charge on any atom is 0.323 e. The third-order valence-corrected chi connectivity index (χ3v) is 3.20. The highest BCUT2D eigenvalue weighted by atomic mass is 16.2. The largest absolute Gasteiger partial charge is 0.399 e. The van der Waals surface area contributed by atoms with E-state index in [1.807, 2.05) is 53.4 Å². The number of carbonyl (C=O) groups excluding carboxylic acids is 1. The molecule has 0 bridgehead atoms. The number of nitrogens with one attached hydrogen (secondary N) is 2. The van der Waals surface area contributed by atoms with Crippen molar-refractivity contribution in [2.24, 2.45) is 0 Å². The Labute approximate surface area is 128 Å². The minimum absolute atomic E-state index is 0.293. The monoisotopic (exact) mass is 292 g/mol. The van der Waals surface area contributed by atoms with Gasteiger partial charge in [-0.25, -0.2) is 4.79 Å². The Morgan fingerprint density at radius 3 is 1.86 bits per heavy atom. The number of aromatic nitrogens is 1. The van der Waals surface area contributed by atoms with E-state index in [4.69, 9.17) is 5.73 Å². The number of amides is 2. The van der Waals surface area contributed by atoms with Crippen molar-refractivity contribution in [1.82, 2.24) is 4.57 Å². The van der Waals surface area contributed by atoms with E-state index in [2.05, 4.69) is 10.6 Å². The quantitative estimate of drug-likeness (QED) is 0.644. The van der Waals surface area contributed by atoms with E-state index in [0.717, 1.165) is 11.4 Å². The maximum atomic E-state index is 11.9. The summed E-state index contributed by atoms with van der Waals surface area (Å²) in [6.07, 6.45) is 3.94. The average Bonchev–Trinajstić information content (AvgIpc) is 3.05. The first-order valence-electron chi connectivity index (χ1n) is 6.88. The molecular weight excluding hydrogens is 276 g/mol. The van der Waals surface area contributed by atoms with Crippen LogP contribution in [0.5, 0.6) is 0 Å². The van der Waals surface area contributed by atoms with Crippen LogP contribution in [-0.4, -0.2) is 10.6 Å². The molecule has 0 aliphatic carbocycles. The van der Waals surface area contributed by atoms with Crippen molar-refractivity contribution in [3.63, 3.8) is 0 Å². The molecule has 0 atom stereocenters. The fourth-order valence-corrected chi connectivity index (χ4v) is 2.08. The van der Waals surface area contributed by atoms with Crippen molar-refractivity contribution in [2.75, 3.05) is 16.4 Å². The van der Waals surface area contributed by atoms with E-state index in [1.54, 1.807) is 24.3 Å². The normalized spacial score (nSPS) is 10.2. The van der Waals surface area contributed by atoms with Gasteiger partial charge in [0.05, 0.1) is 0 Å². The molecule has 0 aliphatic rings. The lowest BCUT2D eigenvalue weighted by atomic mass is 10.2. The zero-order valence-electron chi connectivity index (χ0n) is 11.9. The Hall–Kier alpha value is -3.21. The smallest absolute Gasteiger partial charge is 0.323 e. The molecule has 4 N–H and O–H groups in total. The molecule has 0 aliphatic heterocycles. The lowest BCUT2D eigenvalue weighted by Crippen LogP contribution is -2.19. The number of hydrogen-bond acceptors (Lipinski definition) is 2. The molecule has 0 fully saturated rings. The first-order chi connectivity index (χ1) is 10.7. The SMILES string of the molecule is Nc1ccc(NC(=O)Nc2ccc(-n3cccc3)cc2)cc1. The summed E-state index contributed by atoms with van der Waals surface area (Å²) in [5.74, 6) is 0. The van der Waals surface area contributed by atoms with Gasteiger partial charge < -0.3 is 20.9 Å². The lowest BCUT2D eigenvalue weighted by Gasteiger charge is -2.09. The molecule has 5 heteroatoms. The fourth-order valence-electron chi connectivity index (χ4n) is 2.08. The highest BCUT2D eigenvalue weighted by Crippen LogP contribution is 2.15. The van der Waals surface area contributed by atoms with Crippen LogP contribution in [0.25, 0.3) is 5.69 Å². The summed E-state index contributed by atoms with van der Waals surface area (Å²) >= 11 is 0. The molecular formula is C17H16N4O. The van der Waals surface area contributed by atoms with E-state index in [9.17, 15) is 4.79 Å². The van der Waals surface area contributed by atoms with Gasteiger partial charge in [-0.2, -0.15) is 0 Å². The second-order valence-electron chi connectivity index (χ2n) is 4.84. The van der Waals surface area contributed by atoms with Crippen LogP contribution < -0.4 is 16.4 Å². The van der Waals surface area contributed by atoms with Gasteiger partial charge in [0, 0.05) is 35.1 Å². The molecule has 1 aromatic heterocycles. The number of carbonyl (C=O) groups is 1. The zero-order valence-corrected chi connectivity index (χ0v) is 11.9. The number of nitrogen functional groups attached to an aromatic ring is 1. The van der Waals surface area contributed by atoms with E-state index in [0.29, 0.717) is 11.4 Å². The van der Waals surface area contributed by atoms with Crippen LogP contribution in [0.3, 0.4) is 0 Å². The summed E-state index contributed by atoms with van der Waals surface area (Å²) in [6, 6.07) is 18.2. The lowest BCUT2D eigenvalue weighted by molar-refractivity contribution is 0.262. The number of hydrogen-bond donors (Lipinski definition) is 3.